The van der Waals surface area contributed by atoms with Crippen molar-refractivity contribution in [2.24, 2.45) is 5.92 Å². The summed E-state index contributed by atoms with van der Waals surface area (Å²) in [7, 11) is -3.75. The first-order valence-electron chi connectivity index (χ1n) is 6.50. The van der Waals surface area contributed by atoms with Crippen LogP contribution in [-0.4, -0.2) is 36.7 Å². The molecule has 122 valence electrons. The Balaban J connectivity index is 3.28. The lowest BCUT2D eigenvalue weighted by Crippen LogP contribution is -2.31. The third kappa shape index (κ3) is 4.69. The molecule has 0 unspecified atom stereocenters. The van der Waals surface area contributed by atoms with Crippen molar-refractivity contribution in [3.8, 4) is 0 Å². The summed E-state index contributed by atoms with van der Waals surface area (Å²) in [4.78, 5) is 21.0. The summed E-state index contributed by atoms with van der Waals surface area (Å²) in [6.07, 6.45) is 1.20. The van der Waals surface area contributed by atoms with Crippen molar-refractivity contribution < 1.29 is 23.2 Å². The molecule has 0 spiro atoms. The Morgan fingerprint density at radius 3 is 2.41 bits per heavy atom. The van der Waals surface area contributed by atoms with Crippen LogP contribution in [0, 0.1) is 16.0 Å². The number of carboxylic acids is 1. The summed E-state index contributed by atoms with van der Waals surface area (Å²) in [5, 5.41) is 22.6. The van der Waals surface area contributed by atoms with Crippen molar-refractivity contribution >= 4 is 27.2 Å². The second-order valence-corrected chi connectivity index (χ2v) is 7.36. The van der Waals surface area contributed by atoms with Crippen LogP contribution < -0.4 is 5.32 Å². The lowest BCUT2D eigenvalue weighted by atomic mass is 10.0. The minimum Gasteiger partial charge on any atom is -0.480 e. The number of sulfone groups is 1. The Labute approximate surface area is 128 Å². The van der Waals surface area contributed by atoms with Gasteiger partial charge in [-0.15, -0.1) is 0 Å². The quantitative estimate of drug-likeness (QED) is 0.577. The lowest BCUT2D eigenvalue weighted by Gasteiger charge is -2.19. The second kappa shape index (κ2) is 6.73. The van der Waals surface area contributed by atoms with E-state index in [9.17, 15) is 28.4 Å². The molecule has 9 heteroatoms. The molecule has 2 N–H and O–H groups in total. The van der Waals surface area contributed by atoms with Gasteiger partial charge in [0, 0.05) is 18.4 Å². The van der Waals surface area contributed by atoms with E-state index in [0.717, 1.165) is 18.4 Å². The highest BCUT2D eigenvalue weighted by molar-refractivity contribution is 7.90. The maximum atomic E-state index is 11.8. The minimum atomic E-state index is -3.75. The molecule has 0 aliphatic carbocycles. The summed E-state index contributed by atoms with van der Waals surface area (Å²) in [5.41, 5.74) is -0.331. The fourth-order valence-electron chi connectivity index (χ4n) is 1.93. The van der Waals surface area contributed by atoms with Crippen LogP contribution in [0.4, 0.5) is 11.4 Å². The van der Waals surface area contributed by atoms with Crippen molar-refractivity contribution in [2.45, 2.75) is 31.2 Å². The monoisotopic (exact) mass is 330 g/mol. The van der Waals surface area contributed by atoms with Crippen molar-refractivity contribution in [1.29, 1.82) is 0 Å². The van der Waals surface area contributed by atoms with E-state index in [0.29, 0.717) is 0 Å². The summed E-state index contributed by atoms with van der Waals surface area (Å²) >= 11 is 0. The molecule has 0 radical (unpaired) electrons. The van der Waals surface area contributed by atoms with E-state index in [4.69, 9.17) is 0 Å². The Morgan fingerprint density at radius 1 is 1.41 bits per heavy atom. The van der Waals surface area contributed by atoms with E-state index in [-0.39, 0.29) is 28.6 Å². The zero-order chi connectivity index (χ0) is 17.1. The van der Waals surface area contributed by atoms with Gasteiger partial charge in [0.1, 0.15) is 6.04 Å². The number of nitro groups is 1. The number of carbonyl (C=O) groups is 1. The highest BCUT2D eigenvalue weighted by atomic mass is 32.2. The van der Waals surface area contributed by atoms with Gasteiger partial charge in [-0.05, 0) is 18.4 Å². The number of nitrogens with one attached hydrogen (secondary N) is 1. The molecular weight excluding hydrogens is 312 g/mol. The highest BCUT2D eigenvalue weighted by Gasteiger charge is 2.24. The molecule has 0 aliphatic rings. The van der Waals surface area contributed by atoms with Crippen molar-refractivity contribution in [1.82, 2.24) is 0 Å². The third-order valence-corrected chi connectivity index (χ3v) is 4.05. The van der Waals surface area contributed by atoms with Crippen LogP contribution in [-0.2, 0) is 14.6 Å². The van der Waals surface area contributed by atoms with Crippen LogP contribution in [0.3, 0.4) is 0 Å². The second-order valence-electron chi connectivity index (χ2n) is 5.37. The van der Waals surface area contributed by atoms with Crippen molar-refractivity contribution in [3.63, 3.8) is 0 Å². The van der Waals surface area contributed by atoms with Crippen molar-refractivity contribution in [2.75, 3.05) is 11.6 Å². The molecule has 0 aliphatic heterocycles. The first kappa shape index (κ1) is 17.9. The van der Waals surface area contributed by atoms with Gasteiger partial charge in [-0.25, -0.2) is 13.2 Å². The maximum Gasteiger partial charge on any atom is 0.326 e. The SMILES string of the molecule is CC(C)C[C@H](Nc1ccc([N+](=O)[O-])cc1S(C)(=O)=O)C(=O)O. The number of hydrogen-bond donors (Lipinski definition) is 2. The molecule has 0 bridgehead atoms. The van der Waals surface area contributed by atoms with Gasteiger partial charge in [0.2, 0.25) is 0 Å². The molecule has 1 aromatic carbocycles. The van der Waals surface area contributed by atoms with Crippen LogP contribution in [0.2, 0.25) is 0 Å². The molecule has 1 aromatic rings. The largest absolute Gasteiger partial charge is 0.480 e. The third-order valence-electron chi connectivity index (χ3n) is 2.91. The summed E-state index contributed by atoms with van der Waals surface area (Å²) < 4.78 is 23.6. The first-order valence-corrected chi connectivity index (χ1v) is 8.39. The normalized spacial score (nSPS) is 12.9. The standard InChI is InChI=1S/C13H18N2O6S/c1-8(2)6-11(13(16)17)14-10-5-4-9(15(18)19)7-12(10)22(3,20)21/h4-5,7-8,11,14H,6H2,1-3H3,(H,16,17)/t11-/m0/s1. The number of aliphatic carboxylic acids is 1. The van der Waals surface area contributed by atoms with Gasteiger partial charge in [-0.2, -0.15) is 0 Å². The Hall–Kier alpha value is -2.16. The molecular formula is C13H18N2O6S. The molecule has 1 rings (SSSR count). The molecule has 0 aromatic heterocycles. The Morgan fingerprint density at radius 2 is 2.00 bits per heavy atom. The molecule has 1 atom stereocenters. The fourth-order valence-corrected chi connectivity index (χ4v) is 2.79. The van der Waals surface area contributed by atoms with Crippen LogP contribution in [0.15, 0.2) is 23.1 Å². The lowest BCUT2D eigenvalue weighted by molar-refractivity contribution is -0.385. The number of non-ortho nitro benzene ring substituents is 1. The summed E-state index contributed by atoms with van der Waals surface area (Å²) in [6, 6.07) is 2.28. The van der Waals surface area contributed by atoms with Crippen molar-refractivity contribution in [3.05, 3.63) is 28.3 Å². The predicted octanol–water partition coefficient (Wildman–Crippen LogP) is 1.91. The van der Waals surface area contributed by atoms with Crippen LogP contribution >= 0.6 is 0 Å². The molecule has 0 saturated carbocycles. The minimum absolute atomic E-state index is 0.0427. The number of anilines is 1. The fraction of sp³-hybridized carbons (Fsp3) is 0.462. The zero-order valence-corrected chi connectivity index (χ0v) is 13.3. The van der Waals surface area contributed by atoms with E-state index in [1.54, 1.807) is 0 Å². The van der Waals surface area contributed by atoms with Gasteiger partial charge in [-0.1, -0.05) is 13.8 Å². The van der Waals surface area contributed by atoms with Gasteiger partial charge in [0.05, 0.1) is 15.5 Å². The summed E-state index contributed by atoms with van der Waals surface area (Å²) in [6.45, 7) is 3.68. The zero-order valence-electron chi connectivity index (χ0n) is 12.4. The van der Waals surface area contributed by atoms with Gasteiger partial charge < -0.3 is 10.4 Å². The number of nitrogens with zero attached hydrogens (tertiary/aromatic N) is 1. The molecule has 8 nitrogen and oxygen atoms in total. The van der Waals surface area contributed by atoms with Gasteiger partial charge in [0.25, 0.3) is 5.69 Å². The molecule has 0 heterocycles. The van der Waals surface area contributed by atoms with E-state index < -0.39 is 26.8 Å². The van der Waals surface area contributed by atoms with Gasteiger partial charge in [0.15, 0.2) is 9.84 Å². The maximum absolute atomic E-state index is 11.8. The number of benzene rings is 1. The number of carboxylic acid groups (broad SMARTS) is 1. The van der Waals surface area contributed by atoms with Crippen LogP contribution in [0.25, 0.3) is 0 Å². The van der Waals surface area contributed by atoms with Crippen LogP contribution in [0.1, 0.15) is 20.3 Å². The summed E-state index contributed by atoms with van der Waals surface area (Å²) in [5.74, 6) is -1.04. The smallest absolute Gasteiger partial charge is 0.326 e. The average molecular weight is 330 g/mol. The predicted molar refractivity (Wildman–Crippen MR) is 80.7 cm³/mol. The Kier molecular flexibility index (Phi) is 5.48. The van der Waals surface area contributed by atoms with E-state index in [1.165, 1.54) is 6.07 Å². The average Bonchev–Trinajstić information content (AvgIpc) is 2.36. The molecule has 22 heavy (non-hydrogen) atoms. The van der Waals surface area contributed by atoms with E-state index >= 15 is 0 Å². The number of rotatable bonds is 7. The van der Waals surface area contributed by atoms with E-state index in [1.807, 2.05) is 13.8 Å². The number of nitro benzene ring substituents is 1. The van der Waals surface area contributed by atoms with Gasteiger partial charge >= 0.3 is 5.97 Å². The first-order chi connectivity index (χ1) is 10.0. The highest BCUT2D eigenvalue weighted by Crippen LogP contribution is 2.27. The molecule has 0 fully saturated rings. The van der Waals surface area contributed by atoms with E-state index in [2.05, 4.69) is 5.32 Å². The van der Waals surface area contributed by atoms with Crippen LogP contribution in [0.5, 0.6) is 0 Å². The van der Waals surface area contributed by atoms with Gasteiger partial charge in [-0.3, -0.25) is 10.1 Å². The number of hydrogen-bond acceptors (Lipinski definition) is 6. The molecule has 0 amide bonds. The topological polar surface area (TPSA) is 127 Å². The Bertz CT molecular complexity index is 684. The molecule has 0 saturated heterocycles.